The Bertz CT molecular complexity index is 746. The summed E-state index contributed by atoms with van der Waals surface area (Å²) in [4.78, 5) is 18.7. The van der Waals surface area contributed by atoms with Gasteiger partial charge in [-0.15, -0.1) is 11.8 Å². The Morgan fingerprint density at radius 2 is 1.88 bits per heavy atom. The van der Waals surface area contributed by atoms with Crippen LogP contribution < -0.4 is 4.90 Å². The first-order valence-corrected chi connectivity index (χ1v) is 8.84. The minimum Gasteiger partial charge on any atom is -0.467 e. The molecular weight excluding hydrogens is 320 g/mol. The smallest absolute Gasteiger partial charge is 0.237 e. The summed E-state index contributed by atoms with van der Waals surface area (Å²) in [5, 5.41) is 0. The highest BCUT2D eigenvalue weighted by Crippen LogP contribution is 2.19. The second kappa shape index (κ2) is 8.36. The van der Waals surface area contributed by atoms with Crippen molar-refractivity contribution >= 4 is 23.4 Å². The molecule has 0 aliphatic rings. The number of furan rings is 1. The number of aromatic nitrogens is 1. The Hall–Kier alpha value is -2.53. The van der Waals surface area contributed by atoms with E-state index in [1.807, 2.05) is 60.7 Å². The molecule has 1 amide bonds. The molecule has 0 saturated carbocycles. The molecule has 0 bridgehead atoms. The van der Waals surface area contributed by atoms with Gasteiger partial charge in [-0.2, -0.15) is 0 Å². The zero-order valence-corrected chi connectivity index (χ0v) is 14.0. The standard InChI is InChI=1S/C19H18N2O2S/c22-19(15-24-14-16-7-4-5-11-20-16)21(13-18-10-6-12-23-18)17-8-2-1-3-9-17/h1-12H,13-15H2. The second-order valence-corrected chi connectivity index (χ2v) is 6.19. The lowest BCUT2D eigenvalue weighted by atomic mass is 10.2. The van der Waals surface area contributed by atoms with Crippen LogP contribution in [-0.2, 0) is 17.1 Å². The number of pyridine rings is 1. The van der Waals surface area contributed by atoms with E-state index in [-0.39, 0.29) is 5.91 Å². The predicted octanol–water partition coefficient (Wildman–Crippen LogP) is 4.14. The number of para-hydroxylation sites is 1. The van der Waals surface area contributed by atoms with Crippen LogP contribution in [0.15, 0.2) is 77.5 Å². The monoisotopic (exact) mass is 338 g/mol. The summed E-state index contributed by atoms with van der Waals surface area (Å²) >= 11 is 1.57. The second-order valence-electron chi connectivity index (χ2n) is 5.21. The molecule has 2 heterocycles. The van der Waals surface area contributed by atoms with Crippen molar-refractivity contribution in [3.63, 3.8) is 0 Å². The molecule has 24 heavy (non-hydrogen) atoms. The van der Waals surface area contributed by atoms with Crippen LogP contribution >= 0.6 is 11.8 Å². The first-order valence-electron chi connectivity index (χ1n) is 7.68. The van der Waals surface area contributed by atoms with Crippen LogP contribution in [0.5, 0.6) is 0 Å². The van der Waals surface area contributed by atoms with Crippen LogP contribution in [0.1, 0.15) is 11.5 Å². The molecule has 0 N–H and O–H groups in total. The fraction of sp³-hybridized carbons (Fsp3) is 0.158. The van der Waals surface area contributed by atoms with E-state index in [1.54, 1.807) is 29.1 Å². The van der Waals surface area contributed by atoms with E-state index in [0.717, 1.165) is 22.9 Å². The molecule has 2 aromatic heterocycles. The fourth-order valence-corrected chi connectivity index (χ4v) is 3.11. The highest BCUT2D eigenvalue weighted by atomic mass is 32.2. The summed E-state index contributed by atoms with van der Waals surface area (Å²) < 4.78 is 5.40. The maximum absolute atomic E-state index is 12.7. The Morgan fingerprint density at radius 3 is 2.58 bits per heavy atom. The van der Waals surface area contributed by atoms with Crippen molar-refractivity contribution in [3.8, 4) is 0 Å². The summed E-state index contributed by atoms with van der Waals surface area (Å²) in [7, 11) is 0. The highest BCUT2D eigenvalue weighted by molar-refractivity contribution is 7.99. The van der Waals surface area contributed by atoms with E-state index < -0.39 is 0 Å². The molecule has 0 atom stereocenters. The fourth-order valence-electron chi connectivity index (χ4n) is 2.29. The number of benzene rings is 1. The minimum atomic E-state index is 0.0542. The zero-order valence-electron chi connectivity index (χ0n) is 13.2. The summed E-state index contributed by atoms with van der Waals surface area (Å²) in [5.41, 5.74) is 1.85. The summed E-state index contributed by atoms with van der Waals surface area (Å²) in [5.74, 6) is 1.93. The van der Waals surface area contributed by atoms with Crippen molar-refractivity contribution in [2.75, 3.05) is 10.7 Å². The molecule has 0 spiro atoms. The number of rotatable bonds is 7. The molecule has 5 heteroatoms. The molecule has 3 rings (SSSR count). The normalized spacial score (nSPS) is 10.5. The number of thioether (sulfide) groups is 1. The third-order valence-corrected chi connectivity index (χ3v) is 4.42. The van der Waals surface area contributed by atoms with Gasteiger partial charge in [0.25, 0.3) is 0 Å². The number of hydrogen-bond donors (Lipinski definition) is 0. The number of carbonyl (C=O) groups excluding carboxylic acids is 1. The van der Waals surface area contributed by atoms with Gasteiger partial charge in [0, 0.05) is 17.6 Å². The number of hydrogen-bond acceptors (Lipinski definition) is 4. The van der Waals surface area contributed by atoms with Gasteiger partial charge in [-0.1, -0.05) is 24.3 Å². The van der Waals surface area contributed by atoms with Crippen LogP contribution in [0.25, 0.3) is 0 Å². The molecule has 3 aromatic rings. The SMILES string of the molecule is O=C(CSCc1ccccn1)N(Cc1ccco1)c1ccccc1. The van der Waals surface area contributed by atoms with Gasteiger partial charge in [-0.3, -0.25) is 9.78 Å². The first kappa shape index (κ1) is 16.3. The quantitative estimate of drug-likeness (QED) is 0.649. The van der Waals surface area contributed by atoms with E-state index >= 15 is 0 Å². The van der Waals surface area contributed by atoms with Gasteiger partial charge >= 0.3 is 0 Å². The molecule has 0 unspecified atom stereocenters. The Labute approximate surface area is 145 Å². The van der Waals surface area contributed by atoms with Crippen LogP contribution in [0.2, 0.25) is 0 Å². The molecule has 4 nitrogen and oxygen atoms in total. The van der Waals surface area contributed by atoms with Gasteiger partial charge in [-0.25, -0.2) is 0 Å². The summed E-state index contributed by atoms with van der Waals surface area (Å²) in [6.45, 7) is 0.431. The van der Waals surface area contributed by atoms with Gasteiger partial charge in [0.1, 0.15) is 5.76 Å². The molecule has 0 aliphatic heterocycles. The van der Waals surface area contributed by atoms with E-state index in [1.165, 1.54) is 0 Å². The third kappa shape index (κ3) is 4.49. The Balaban J connectivity index is 1.64. The number of nitrogens with zero attached hydrogens (tertiary/aromatic N) is 2. The van der Waals surface area contributed by atoms with Gasteiger partial charge in [-0.05, 0) is 36.4 Å². The van der Waals surface area contributed by atoms with Crippen molar-refractivity contribution < 1.29 is 9.21 Å². The molecule has 1 aromatic carbocycles. The van der Waals surface area contributed by atoms with Crippen molar-refractivity contribution in [2.24, 2.45) is 0 Å². The number of anilines is 1. The largest absolute Gasteiger partial charge is 0.467 e. The van der Waals surface area contributed by atoms with Gasteiger partial charge in [0.05, 0.1) is 24.3 Å². The van der Waals surface area contributed by atoms with Crippen LogP contribution in [0.3, 0.4) is 0 Å². The minimum absolute atomic E-state index is 0.0542. The van der Waals surface area contributed by atoms with Crippen LogP contribution in [0, 0.1) is 0 Å². The third-order valence-electron chi connectivity index (χ3n) is 3.46. The molecular formula is C19H18N2O2S. The lowest BCUT2D eigenvalue weighted by Crippen LogP contribution is -2.31. The lowest BCUT2D eigenvalue weighted by molar-refractivity contribution is -0.116. The molecule has 0 fully saturated rings. The topological polar surface area (TPSA) is 46.3 Å². The van der Waals surface area contributed by atoms with Crippen molar-refractivity contribution in [1.82, 2.24) is 4.98 Å². The summed E-state index contributed by atoms with van der Waals surface area (Å²) in [6.07, 6.45) is 3.39. The maximum Gasteiger partial charge on any atom is 0.237 e. The number of amides is 1. The Kier molecular flexibility index (Phi) is 5.69. The van der Waals surface area contributed by atoms with Crippen molar-refractivity contribution in [2.45, 2.75) is 12.3 Å². The van der Waals surface area contributed by atoms with Gasteiger partial charge in [0.15, 0.2) is 0 Å². The van der Waals surface area contributed by atoms with Gasteiger partial charge < -0.3 is 9.32 Å². The van der Waals surface area contributed by atoms with Crippen LogP contribution in [-0.4, -0.2) is 16.6 Å². The molecule has 0 radical (unpaired) electrons. The highest BCUT2D eigenvalue weighted by Gasteiger charge is 2.17. The zero-order chi connectivity index (χ0) is 16.6. The molecule has 122 valence electrons. The van der Waals surface area contributed by atoms with Crippen molar-refractivity contribution in [3.05, 3.63) is 84.6 Å². The summed E-state index contributed by atoms with van der Waals surface area (Å²) in [6, 6.07) is 19.2. The van der Waals surface area contributed by atoms with E-state index in [9.17, 15) is 4.79 Å². The Morgan fingerprint density at radius 1 is 1.04 bits per heavy atom. The lowest BCUT2D eigenvalue weighted by Gasteiger charge is -2.21. The predicted molar refractivity (Wildman–Crippen MR) is 96.7 cm³/mol. The number of carbonyl (C=O) groups is 1. The molecule has 0 saturated heterocycles. The van der Waals surface area contributed by atoms with Gasteiger partial charge in [0.2, 0.25) is 5.91 Å². The van der Waals surface area contributed by atoms with E-state index in [4.69, 9.17) is 4.42 Å². The van der Waals surface area contributed by atoms with Crippen molar-refractivity contribution in [1.29, 1.82) is 0 Å². The maximum atomic E-state index is 12.7. The van der Waals surface area contributed by atoms with E-state index in [0.29, 0.717) is 12.3 Å². The van der Waals surface area contributed by atoms with E-state index in [2.05, 4.69) is 4.98 Å². The average Bonchev–Trinajstić information content (AvgIpc) is 3.14. The van der Waals surface area contributed by atoms with Crippen LogP contribution in [0.4, 0.5) is 5.69 Å². The first-order chi connectivity index (χ1) is 11.8. The molecule has 0 aliphatic carbocycles. The average molecular weight is 338 g/mol.